The Kier molecular flexibility index (Phi) is 5.22. The lowest BCUT2D eigenvalue weighted by Gasteiger charge is -2.14. The summed E-state index contributed by atoms with van der Waals surface area (Å²) in [5, 5.41) is 0. The van der Waals surface area contributed by atoms with Gasteiger partial charge in [-0.2, -0.15) is 0 Å². The molecule has 2 rings (SSSR count). The Labute approximate surface area is 138 Å². The van der Waals surface area contributed by atoms with Gasteiger partial charge in [0.05, 0.1) is 0 Å². The number of carbonyl (C=O) groups is 1. The van der Waals surface area contributed by atoms with Crippen LogP contribution in [0.3, 0.4) is 0 Å². The second-order valence-corrected chi connectivity index (χ2v) is 6.03. The van der Waals surface area contributed by atoms with Gasteiger partial charge in [-0.3, -0.25) is 4.79 Å². The minimum absolute atomic E-state index is 0.329. The molecule has 0 aliphatic carbocycles. The molecular weight excluding hydrogens is 379 g/mol. The first-order valence-corrected chi connectivity index (χ1v) is 7.71. The zero-order valence-corrected chi connectivity index (χ0v) is 14.4. The average Bonchev–Trinajstić information content (AvgIpc) is 2.39. The lowest BCUT2D eigenvalue weighted by Crippen LogP contribution is -2.07. The summed E-state index contributed by atoms with van der Waals surface area (Å²) < 4.78 is 12.1. The molecule has 4 heteroatoms. The number of hydrogen-bond acceptors (Lipinski definition) is 3. The first kappa shape index (κ1) is 15.8. The molecule has 0 aromatic heterocycles. The summed E-state index contributed by atoms with van der Waals surface area (Å²) in [5.74, 6) is 1.07. The summed E-state index contributed by atoms with van der Waals surface area (Å²) in [6.45, 7) is 5.83. The molecule has 0 amide bonds. The van der Waals surface area contributed by atoms with E-state index < -0.39 is 0 Å². The minimum Gasteiger partial charge on any atom is -0.488 e. The zero-order valence-electron chi connectivity index (χ0n) is 12.3. The van der Waals surface area contributed by atoms with Crippen LogP contribution in [0.25, 0.3) is 0 Å². The van der Waals surface area contributed by atoms with Crippen molar-refractivity contribution in [3.8, 4) is 11.5 Å². The highest BCUT2D eigenvalue weighted by Crippen LogP contribution is 2.27. The number of halogens is 1. The Hall–Kier alpha value is -1.56. The zero-order chi connectivity index (χ0) is 15.4. The summed E-state index contributed by atoms with van der Waals surface area (Å²) in [5.41, 5.74) is 3.18. The SMILES string of the molecule is CC(=O)Oc1cccc(I)c1COc1ccc(C)cc1C. The van der Waals surface area contributed by atoms with Crippen molar-refractivity contribution >= 4 is 28.6 Å². The van der Waals surface area contributed by atoms with E-state index >= 15 is 0 Å². The van der Waals surface area contributed by atoms with Crippen molar-refractivity contribution in [3.05, 3.63) is 56.7 Å². The summed E-state index contributed by atoms with van der Waals surface area (Å²) >= 11 is 2.22. The predicted molar refractivity (Wildman–Crippen MR) is 90.7 cm³/mol. The third kappa shape index (κ3) is 4.20. The molecule has 0 bridgehead atoms. The number of benzene rings is 2. The first-order valence-electron chi connectivity index (χ1n) is 6.63. The van der Waals surface area contributed by atoms with Gasteiger partial charge in [0.15, 0.2) is 0 Å². The molecule has 110 valence electrons. The number of ether oxygens (including phenoxy) is 2. The van der Waals surface area contributed by atoms with Crippen molar-refractivity contribution < 1.29 is 14.3 Å². The van der Waals surface area contributed by atoms with Gasteiger partial charge in [0, 0.05) is 16.1 Å². The highest BCUT2D eigenvalue weighted by atomic mass is 127. The topological polar surface area (TPSA) is 35.5 Å². The summed E-state index contributed by atoms with van der Waals surface area (Å²) in [6.07, 6.45) is 0. The van der Waals surface area contributed by atoms with Gasteiger partial charge in [-0.15, -0.1) is 0 Å². The molecule has 0 saturated heterocycles. The molecule has 0 saturated carbocycles. The third-order valence-corrected chi connectivity index (χ3v) is 4.04. The van der Waals surface area contributed by atoms with E-state index in [2.05, 4.69) is 35.6 Å². The predicted octanol–water partition coefficient (Wildman–Crippen LogP) is 4.41. The van der Waals surface area contributed by atoms with Gasteiger partial charge in [-0.1, -0.05) is 23.8 Å². The molecule has 0 fully saturated rings. The largest absolute Gasteiger partial charge is 0.488 e. The maximum absolute atomic E-state index is 11.2. The lowest BCUT2D eigenvalue weighted by atomic mass is 10.1. The molecule has 0 aliphatic heterocycles. The van der Waals surface area contributed by atoms with Crippen LogP contribution in [0.1, 0.15) is 23.6 Å². The Bertz CT molecular complexity index is 665. The van der Waals surface area contributed by atoms with Crippen molar-refractivity contribution in [1.82, 2.24) is 0 Å². The van der Waals surface area contributed by atoms with Crippen molar-refractivity contribution in [3.63, 3.8) is 0 Å². The van der Waals surface area contributed by atoms with E-state index in [-0.39, 0.29) is 5.97 Å². The molecule has 0 heterocycles. The number of carbonyl (C=O) groups excluding carboxylic acids is 1. The van der Waals surface area contributed by atoms with E-state index in [1.165, 1.54) is 12.5 Å². The quantitative estimate of drug-likeness (QED) is 0.436. The normalized spacial score (nSPS) is 10.3. The molecular formula is C17H17IO3. The van der Waals surface area contributed by atoms with Gasteiger partial charge in [0.25, 0.3) is 0 Å². The molecule has 2 aromatic rings. The van der Waals surface area contributed by atoms with Gasteiger partial charge in [0.1, 0.15) is 18.1 Å². The molecule has 0 spiro atoms. The fourth-order valence-electron chi connectivity index (χ4n) is 2.04. The van der Waals surface area contributed by atoms with Crippen LogP contribution in [-0.4, -0.2) is 5.97 Å². The van der Waals surface area contributed by atoms with Crippen LogP contribution >= 0.6 is 22.6 Å². The van der Waals surface area contributed by atoms with E-state index in [1.54, 1.807) is 6.07 Å². The molecule has 2 aromatic carbocycles. The van der Waals surface area contributed by atoms with Crippen LogP contribution in [0.5, 0.6) is 11.5 Å². The molecule has 0 aliphatic rings. The van der Waals surface area contributed by atoms with E-state index in [9.17, 15) is 4.79 Å². The Morgan fingerprint density at radius 3 is 2.57 bits per heavy atom. The van der Waals surface area contributed by atoms with E-state index in [4.69, 9.17) is 9.47 Å². The minimum atomic E-state index is -0.329. The Morgan fingerprint density at radius 1 is 1.14 bits per heavy atom. The molecule has 3 nitrogen and oxygen atoms in total. The number of esters is 1. The van der Waals surface area contributed by atoms with Crippen LogP contribution in [0.15, 0.2) is 36.4 Å². The van der Waals surface area contributed by atoms with Crippen LogP contribution in [0, 0.1) is 17.4 Å². The number of rotatable bonds is 4. The maximum atomic E-state index is 11.2. The van der Waals surface area contributed by atoms with E-state index in [0.29, 0.717) is 12.4 Å². The monoisotopic (exact) mass is 396 g/mol. The lowest BCUT2D eigenvalue weighted by molar-refractivity contribution is -0.131. The van der Waals surface area contributed by atoms with Gasteiger partial charge < -0.3 is 9.47 Å². The van der Waals surface area contributed by atoms with Crippen LogP contribution in [0.4, 0.5) is 0 Å². The van der Waals surface area contributed by atoms with Gasteiger partial charge in [-0.05, 0) is 60.2 Å². The molecule has 0 unspecified atom stereocenters. The van der Waals surface area contributed by atoms with Crippen LogP contribution in [0.2, 0.25) is 0 Å². The number of hydrogen-bond donors (Lipinski definition) is 0. The maximum Gasteiger partial charge on any atom is 0.308 e. The van der Waals surface area contributed by atoms with Gasteiger partial charge in [-0.25, -0.2) is 0 Å². The molecule has 0 N–H and O–H groups in total. The second kappa shape index (κ2) is 6.93. The van der Waals surface area contributed by atoms with Gasteiger partial charge >= 0.3 is 5.97 Å². The highest BCUT2D eigenvalue weighted by Gasteiger charge is 2.11. The van der Waals surface area contributed by atoms with Crippen molar-refractivity contribution in [2.24, 2.45) is 0 Å². The third-order valence-electron chi connectivity index (χ3n) is 3.03. The fourth-order valence-corrected chi connectivity index (χ4v) is 2.67. The summed E-state index contributed by atoms with van der Waals surface area (Å²) in [4.78, 5) is 11.2. The number of aryl methyl sites for hydroxylation is 2. The second-order valence-electron chi connectivity index (χ2n) is 4.87. The molecule has 21 heavy (non-hydrogen) atoms. The smallest absolute Gasteiger partial charge is 0.308 e. The van der Waals surface area contributed by atoms with Crippen LogP contribution < -0.4 is 9.47 Å². The summed E-state index contributed by atoms with van der Waals surface area (Å²) in [6, 6.07) is 11.7. The fraction of sp³-hybridized carbons (Fsp3) is 0.235. The Morgan fingerprint density at radius 2 is 1.90 bits per heavy atom. The van der Waals surface area contributed by atoms with Crippen molar-refractivity contribution in [1.29, 1.82) is 0 Å². The van der Waals surface area contributed by atoms with Crippen LogP contribution in [-0.2, 0) is 11.4 Å². The Balaban J connectivity index is 2.21. The van der Waals surface area contributed by atoms with E-state index in [0.717, 1.165) is 20.4 Å². The first-order chi connectivity index (χ1) is 9.97. The standard InChI is InChI=1S/C17H17IO3/c1-11-7-8-16(12(2)9-11)20-10-14-15(18)5-4-6-17(14)21-13(3)19/h4-9H,10H2,1-3H3. The van der Waals surface area contributed by atoms with Crippen molar-refractivity contribution in [2.75, 3.05) is 0 Å². The average molecular weight is 396 g/mol. The van der Waals surface area contributed by atoms with E-state index in [1.807, 2.05) is 31.2 Å². The van der Waals surface area contributed by atoms with Crippen molar-refractivity contribution in [2.45, 2.75) is 27.4 Å². The molecule has 0 radical (unpaired) electrons. The molecule has 0 atom stereocenters. The van der Waals surface area contributed by atoms with Gasteiger partial charge in [0.2, 0.25) is 0 Å². The highest BCUT2D eigenvalue weighted by molar-refractivity contribution is 14.1. The summed E-state index contributed by atoms with van der Waals surface area (Å²) in [7, 11) is 0.